The van der Waals surface area contributed by atoms with E-state index in [-0.39, 0.29) is 10.6 Å². The first kappa shape index (κ1) is 17.7. The molecule has 0 saturated heterocycles. The summed E-state index contributed by atoms with van der Waals surface area (Å²) >= 11 is 7.41. The standard InChI is InChI=1S/C19H16ClFN2OS/c20-15-6-4-7-16(21)13(15)9-10-18(24)23-19-14(11-22)12-5-2-1-3-8-17(12)25-19/h4,6-7,9-10H,1-3,5,8H2,(H,23,24)/b10-9+. The van der Waals surface area contributed by atoms with E-state index in [9.17, 15) is 14.4 Å². The van der Waals surface area contributed by atoms with E-state index in [1.807, 2.05) is 0 Å². The van der Waals surface area contributed by atoms with Gasteiger partial charge in [-0.2, -0.15) is 5.26 Å². The molecule has 0 saturated carbocycles. The first-order valence-corrected chi connectivity index (χ1v) is 9.27. The Morgan fingerprint density at radius 2 is 2.12 bits per heavy atom. The van der Waals surface area contributed by atoms with Crippen LogP contribution >= 0.6 is 22.9 Å². The van der Waals surface area contributed by atoms with Crippen LogP contribution in [0.4, 0.5) is 9.39 Å². The zero-order chi connectivity index (χ0) is 17.8. The summed E-state index contributed by atoms with van der Waals surface area (Å²) in [5.41, 5.74) is 1.80. The van der Waals surface area contributed by atoms with Gasteiger partial charge in [0.05, 0.1) is 10.6 Å². The minimum atomic E-state index is -0.489. The Morgan fingerprint density at radius 1 is 1.32 bits per heavy atom. The molecule has 1 heterocycles. The van der Waals surface area contributed by atoms with Crippen LogP contribution in [-0.2, 0) is 17.6 Å². The second-order valence-electron chi connectivity index (χ2n) is 5.84. The normalized spacial score (nSPS) is 14.0. The number of thiophene rings is 1. The summed E-state index contributed by atoms with van der Waals surface area (Å²) < 4.78 is 13.7. The number of fused-ring (bicyclic) bond motifs is 1. The average molecular weight is 375 g/mol. The average Bonchev–Trinajstić information content (AvgIpc) is 2.74. The van der Waals surface area contributed by atoms with Crippen molar-refractivity contribution < 1.29 is 9.18 Å². The largest absolute Gasteiger partial charge is 0.313 e. The highest BCUT2D eigenvalue weighted by Crippen LogP contribution is 2.37. The number of nitrogens with zero attached hydrogens (tertiary/aromatic N) is 1. The maximum absolute atomic E-state index is 13.7. The Bertz CT molecular complexity index is 862. The Labute approximate surface area is 154 Å². The van der Waals surface area contributed by atoms with Crippen LogP contribution < -0.4 is 5.32 Å². The number of benzene rings is 1. The second-order valence-corrected chi connectivity index (χ2v) is 7.35. The number of hydrogen-bond acceptors (Lipinski definition) is 3. The van der Waals surface area contributed by atoms with E-state index >= 15 is 0 Å². The number of halogens is 2. The van der Waals surface area contributed by atoms with E-state index in [2.05, 4.69) is 11.4 Å². The van der Waals surface area contributed by atoms with E-state index in [1.54, 1.807) is 6.07 Å². The lowest BCUT2D eigenvalue weighted by Gasteiger charge is -2.02. The molecule has 3 rings (SSSR count). The molecule has 128 valence electrons. The number of amides is 1. The third-order valence-electron chi connectivity index (χ3n) is 4.17. The molecular weight excluding hydrogens is 359 g/mol. The first-order valence-electron chi connectivity index (χ1n) is 8.08. The Morgan fingerprint density at radius 3 is 2.88 bits per heavy atom. The fraction of sp³-hybridized carbons (Fsp3) is 0.263. The SMILES string of the molecule is N#Cc1c(NC(=O)/C=C/c2c(F)cccc2Cl)sc2c1CCCCC2. The van der Waals surface area contributed by atoms with Crippen LogP contribution in [0.5, 0.6) is 0 Å². The van der Waals surface area contributed by atoms with Crippen LogP contribution in [-0.4, -0.2) is 5.91 Å². The number of carbonyl (C=O) groups excluding carboxylic acids is 1. The first-order chi connectivity index (χ1) is 12.1. The van der Waals surface area contributed by atoms with Gasteiger partial charge in [-0.15, -0.1) is 11.3 Å². The summed E-state index contributed by atoms with van der Waals surface area (Å²) in [6.45, 7) is 0. The molecule has 0 unspecified atom stereocenters. The van der Waals surface area contributed by atoms with Gasteiger partial charge in [0, 0.05) is 16.5 Å². The number of nitriles is 1. The molecule has 6 heteroatoms. The van der Waals surface area contributed by atoms with Gasteiger partial charge in [-0.1, -0.05) is 24.1 Å². The van der Waals surface area contributed by atoms with Crippen molar-refractivity contribution in [3.63, 3.8) is 0 Å². The summed E-state index contributed by atoms with van der Waals surface area (Å²) in [7, 11) is 0. The van der Waals surface area contributed by atoms with Crippen molar-refractivity contribution in [3.05, 3.63) is 56.7 Å². The summed E-state index contributed by atoms with van der Waals surface area (Å²) in [6, 6.07) is 6.57. The van der Waals surface area contributed by atoms with Gasteiger partial charge in [0.1, 0.15) is 16.9 Å². The summed E-state index contributed by atoms with van der Waals surface area (Å²) in [6.07, 6.45) is 7.75. The highest BCUT2D eigenvalue weighted by Gasteiger charge is 2.20. The van der Waals surface area contributed by atoms with Crippen LogP contribution in [0.3, 0.4) is 0 Å². The molecule has 3 nitrogen and oxygen atoms in total. The van der Waals surface area contributed by atoms with Gasteiger partial charge < -0.3 is 5.32 Å². The molecule has 0 atom stereocenters. The molecule has 0 bridgehead atoms. The van der Waals surface area contributed by atoms with Crippen molar-refractivity contribution in [2.45, 2.75) is 32.1 Å². The number of carbonyl (C=O) groups is 1. The van der Waals surface area contributed by atoms with Crippen LogP contribution in [0, 0.1) is 17.1 Å². The quantitative estimate of drug-likeness (QED) is 0.582. The minimum Gasteiger partial charge on any atom is -0.313 e. The Balaban J connectivity index is 1.80. The lowest BCUT2D eigenvalue weighted by atomic mass is 10.1. The van der Waals surface area contributed by atoms with Gasteiger partial charge in [0.2, 0.25) is 5.91 Å². The van der Waals surface area contributed by atoms with Crippen molar-refractivity contribution in [1.29, 1.82) is 5.26 Å². The van der Waals surface area contributed by atoms with Crippen molar-refractivity contribution in [2.24, 2.45) is 0 Å². The van der Waals surface area contributed by atoms with E-state index in [0.717, 1.165) is 31.2 Å². The predicted molar refractivity (Wildman–Crippen MR) is 99.4 cm³/mol. The van der Waals surface area contributed by atoms with Crippen LogP contribution in [0.1, 0.15) is 40.8 Å². The van der Waals surface area contributed by atoms with Crippen LogP contribution in [0.15, 0.2) is 24.3 Å². The summed E-state index contributed by atoms with van der Waals surface area (Å²) in [5, 5.41) is 13.0. The molecule has 1 aliphatic rings. The highest BCUT2D eigenvalue weighted by atomic mass is 35.5. The minimum absolute atomic E-state index is 0.168. The zero-order valence-electron chi connectivity index (χ0n) is 13.4. The van der Waals surface area contributed by atoms with Crippen LogP contribution in [0.2, 0.25) is 5.02 Å². The van der Waals surface area contributed by atoms with E-state index in [4.69, 9.17) is 11.6 Å². The number of aryl methyl sites for hydroxylation is 1. The predicted octanol–water partition coefficient (Wildman–Crippen LogP) is 5.33. The molecule has 0 aliphatic heterocycles. The molecule has 1 amide bonds. The third-order valence-corrected chi connectivity index (χ3v) is 5.71. The molecule has 0 spiro atoms. The van der Waals surface area contributed by atoms with Gasteiger partial charge in [0.15, 0.2) is 0 Å². The van der Waals surface area contributed by atoms with Gasteiger partial charge in [-0.3, -0.25) is 4.79 Å². The molecule has 1 aliphatic carbocycles. The van der Waals surface area contributed by atoms with Gasteiger partial charge >= 0.3 is 0 Å². The topological polar surface area (TPSA) is 52.9 Å². The van der Waals surface area contributed by atoms with E-state index < -0.39 is 11.7 Å². The lowest BCUT2D eigenvalue weighted by molar-refractivity contribution is -0.111. The summed E-state index contributed by atoms with van der Waals surface area (Å²) in [5.74, 6) is -0.899. The zero-order valence-corrected chi connectivity index (χ0v) is 15.0. The lowest BCUT2D eigenvalue weighted by Crippen LogP contribution is -2.07. The molecule has 0 radical (unpaired) electrons. The number of anilines is 1. The van der Waals surface area contributed by atoms with Crippen molar-refractivity contribution in [1.82, 2.24) is 0 Å². The maximum atomic E-state index is 13.7. The maximum Gasteiger partial charge on any atom is 0.249 e. The number of rotatable bonds is 3. The molecule has 1 N–H and O–H groups in total. The molecule has 1 aromatic carbocycles. The number of nitrogens with one attached hydrogen (secondary N) is 1. The second kappa shape index (κ2) is 7.81. The Kier molecular flexibility index (Phi) is 5.52. The van der Waals surface area contributed by atoms with Crippen LogP contribution in [0.25, 0.3) is 6.08 Å². The fourth-order valence-corrected chi connectivity index (χ4v) is 4.40. The van der Waals surface area contributed by atoms with Crippen molar-refractivity contribution >= 4 is 39.9 Å². The molecule has 0 fully saturated rings. The smallest absolute Gasteiger partial charge is 0.249 e. The van der Waals surface area contributed by atoms with Crippen molar-refractivity contribution in [3.8, 4) is 6.07 Å². The number of hydrogen-bond donors (Lipinski definition) is 1. The molecule has 1 aromatic heterocycles. The Hall–Kier alpha value is -2.16. The third kappa shape index (κ3) is 3.92. The molecule has 25 heavy (non-hydrogen) atoms. The van der Waals surface area contributed by atoms with Gasteiger partial charge in [-0.05, 0) is 49.5 Å². The molecule has 2 aromatic rings. The van der Waals surface area contributed by atoms with Crippen molar-refractivity contribution in [2.75, 3.05) is 5.32 Å². The van der Waals surface area contributed by atoms with Gasteiger partial charge in [-0.25, -0.2) is 4.39 Å². The fourth-order valence-electron chi connectivity index (χ4n) is 2.93. The van der Waals surface area contributed by atoms with E-state index in [0.29, 0.717) is 10.6 Å². The highest BCUT2D eigenvalue weighted by molar-refractivity contribution is 7.16. The molecular formula is C19H16ClFN2OS. The van der Waals surface area contributed by atoms with E-state index in [1.165, 1.54) is 46.9 Å². The summed E-state index contributed by atoms with van der Waals surface area (Å²) in [4.78, 5) is 13.4. The van der Waals surface area contributed by atoms with Gasteiger partial charge in [0.25, 0.3) is 0 Å². The monoisotopic (exact) mass is 374 g/mol.